The molecule has 130 valence electrons. The number of fused-ring (bicyclic) bond motifs is 1. The first-order valence-electron chi connectivity index (χ1n) is 7.57. The maximum Gasteiger partial charge on any atom is 0.242 e. The second kappa shape index (κ2) is 6.34. The first kappa shape index (κ1) is 17.2. The normalized spacial score (nSPS) is 11.8. The van der Waals surface area contributed by atoms with Crippen molar-refractivity contribution in [3.8, 4) is 17.0 Å². The van der Waals surface area contributed by atoms with Crippen LogP contribution in [0.5, 0.6) is 5.75 Å². The predicted molar refractivity (Wildman–Crippen MR) is 96.5 cm³/mol. The predicted octanol–water partition coefficient (Wildman–Crippen LogP) is 2.91. The molecule has 2 aromatic carbocycles. The Balaban J connectivity index is 2.29. The number of H-pyrrole nitrogens is 1. The number of sulfonamides is 1. The van der Waals surface area contributed by atoms with Gasteiger partial charge in [-0.05, 0) is 30.3 Å². The molecule has 1 N–H and O–H groups in total. The van der Waals surface area contributed by atoms with Crippen molar-refractivity contribution in [2.24, 2.45) is 0 Å². The Morgan fingerprint density at radius 2 is 1.84 bits per heavy atom. The van der Waals surface area contributed by atoms with Gasteiger partial charge in [0.05, 0.1) is 17.7 Å². The molecule has 25 heavy (non-hydrogen) atoms. The number of carbonyl (C=O) groups is 1. The number of nitrogens with one attached hydrogen (secondary N) is 1. The first-order valence-corrected chi connectivity index (χ1v) is 9.01. The average Bonchev–Trinajstić information content (AvgIpc) is 2.98. The zero-order valence-corrected chi connectivity index (χ0v) is 14.9. The highest BCUT2D eigenvalue weighted by Gasteiger charge is 2.21. The molecule has 1 heterocycles. The van der Waals surface area contributed by atoms with Crippen molar-refractivity contribution in [3.05, 3.63) is 48.0 Å². The van der Waals surface area contributed by atoms with Crippen molar-refractivity contribution < 1.29 is 17.9 Å². The molecule has 0 atom stereocenters. The zero-order valence-electron chi connectivity index (χ0n) is 14.1. The summed E-state index contributed by atoms with van der Waals surface area (Å²) in [6, 6.07) is 12.0. The van der Waals surface area contributed by atoms with Crippen molar-refractivity contribution in [1.82, 2.24) is 9.29 Å². The van der Waals surface area contributed by atoms with E-state index in [-0.39, 0.29) is 4.90 Å². The molecule has 1 aromatic heterocycles. The van der Waals surface area contributed by atoms with Crippen LogP contribution in [0.3, 0.4) is 0 Å². The number of aldehydes is 1. The maximum atomic E-state index is 12.4. The summed E-state index contributed by atoms with van der Waals surface area (Å²) < 4.78 is 31.2. The molecule has 0 saturated carbocycles. The van der Waals surface area contributed by atoms with Crippen molar-refractivity contribution in [1.29, 1.82) is 0 Å². The molecule has 0 radical (unpaired) electrons. The Kier molecular flexibility index (Phi) is 4.36. The molecule has 0 aliphatic rings. The van der Waals surface area contributed by atoms with Crippen molar-refractivity contribution >= 4 is 27.2 Å². The fraction of sp³-hybridized carbons (Fsp3) is 0.167. The number of ether oxygens (including phenoxy) is 1. The van der Waals surface area contributed by atoms with Gasteiger partial charge in [0, 0.05) is 36.1 Å². The average molecular weight is 358 g/mol. The summed E-state index contributed by atoms with van der Waals surface area (Å²) in [7, 11) is 0.916. The molecule has 7 heteroatoms. The lowest BCUT2D eigenvalue weighted by atomic mass is 10.1. The molecule has 0 aliphatic heterocycles. The van der Waals surface area contributed by atoms with Gasteiger partial charge >= 0.3 is 0 Å². The zero-order chi connectivity index (χ0) is 18.2. The molecule has 0 bridgehead atoms. The van der Waals surface area contributed by atoms with Gasteiger partial charge in [-0.2, -0.15) is 0 Å². The highest BCUT2D eigenvalue weighted by Crippen LogP contribution is 2.35. The molecule has 0 unspecified atom stereocenters. The van der Waals surface area contributed by atoms with E-state index in [2.05, 4.69) is 4.98 Å². The summed E-state index contributed by atoms with van der Waals surface area (Å²) in [5.74, 6) is 0.623. The second-order valence-corrected chi connectivity index (χ2v) is 7.88. The Bertz CT molecular complexity index is 1050. The number of benzene rings is 2. The molecular weight excluding hydrogens is 340 g/mol. The molecule has 3 aromatic rings. The van der Waals surface area contributed by atoms with Crippen LogP contribution in [0.25, 0.3) is 22.2 Å². The third kappa shape index (κ3) is 2.81. The molecule has 0 fully saturated rings. The quantitative estimate of drug-likeness (QED) is 0.711. The SMILES string of the molecule is COc1ccccc1-c1[nH]c2ccc(S(=O)(=O)N(C)C)cc2c1C=O. The number of rotatable bonds is 5. The number of hydrogen-bond acceptors (Lipinski definition) is 4. The Labute approximate surface area is 146 Å². The Morgan fingerprint density at radius 3 is 2.48 bits per heavy atom. The molecule has 3 rings (SSSR count). The van der Waals surface area contributed by atoms with Crippen molar-refractivity contribution in [2.45, 2.75) is 4.90 Å². The second-order valence-electron chi connectivity index (χ2n) is 5.73. The summed E-state index contributed by atoms with van der Waals surface area (Å²) in [6.07, 6.45) is 0.729. The minimum atomic E-state index is -3.58. The van der Waals surface area contributed by atoms with E-state index in [1.807, 2.05) is 18.2 Å². The lowest BCUT2D eigenvalue weighted by molar-refractivity contribution is 0.112. The van der Waals surface area contributed by atoms with Crippen LogP contribution in [0.15, 0.2) is 47.4 Å². The highest BCUT2D eigenvalue weighted by molar-refractivity contribution is 7.89. The minimum absolute atomic E-state index is 0.138. The van der Waals surface area contributed by atoms with Crippen LogP contribution in [0.4, 0.5) is 0 Å². The summed E-state index contributed by atoms with van der Waals surface area (Å²) in [5.41, 5.74) is 2.41. The van der Waals surface area contributed by atoms with Gasteiger partial charge in [0.25, 0.3) is 0 Å². The summed E-state index contributed by atoms with van der Waals surface area (Å²) >= 11 is 0. The summed E-state index contributed by atoms with van der Waals surface area (Å²) in [4.78, 5) is 15.1. The number of para-hydroxylation sites is 1. The van der Waals surface area contributed by atoms with Gasteiger partial charge < -0.3 is 9.72 Å². The van der Waals surface area contributed by atoms with E-state index in [1.54, 1.807) is 19.2 Å². The van der Waals surface area contributed by atoms with Gasteiger partial charge in [0.15, 0.2) is 6.29 Å². The molecular formula is C18H18N2O4S. The third-order valence-corrected chi connectivity index (χ3v) is 5.89. The Hall–Kier alpha value is -2.64. The molecule has 0 aliphatic carbocycles. The van der Waals surface area contributed by atoms with E-state index in [4.69, 9.17) is 4.74 Å². The number of carbonyl (C=O) groups excluding carboxylic acids is 1. The molecule has 0 amide bonds. The largest absolute Gasteiger partial charge is 0.496 e. The highest BCUT2D eigenvalue weighted by atomic mass is 32.2. The Morgan fingerprint density at radius 1 is 1.12 bits per heavy atom. The number of aromatic amines is 1. The van der Waals surface area contributed by atoms with E-state index in [9.17, 15) is 13.2 Å². The molecule has 0 spiro atoms. The monoisotopic (exact) mass is 358 g/mol. The van der Waals surface area contributed by atoms with Gasteiger partial charge in [-0.25, -0.2) is 12.7 Å². The van der Waals surface area contributed by atoms with Crippen LogP contribution in [-0.4, -0.2) is 45.2 Å². The lowest BCUT2D eigenvalue weighted by Crippen LogP contribution is -2.22. The van der Waals surface area contributed by atoms with Crippen LogP contribution < -0.4 is 4.74 Å². The standard InChI is InChI=1S/C18H18N2O4S/c1-20(2)25(22,23)12-8-9-16-14(10-12)15(11-21)18(19-16)13-6-4-5-7-17(13)24-3/h4-11,19H,1-3H3. The number of aromatic nitrogens is 1. The van der Waals surface area contributed by atoms with Crippen molar-refractivity contribution in [2.75, 3.05) is 21.2 Å². The van der Waals surface area contributed by atoms with E-state index >= 15 is 0 Å². The number of hydrogen-bond donors (Lipinski definition) is 1. The fourth-order valence-electron chi connectivity index (χ4n) is 2.75. The number of methoxy groups -OCH3 is 1. The van der Waals surface area contributed by atoms with E-state index in [1.165, 1.54) is 26.2 Å². The smallest absolute Gasteiger partial charge is 0.242 e. The lowest BCUT2D eigenvalue weighted by Gasteiger charge is -2.11. The topological polar surface area (TPSA) is 79.5 Å². The molecule has 0 saturated heterocycles. The molecule has 6 nitrogen and oxygen atoms in total. The minimum Gasteiger partial charge on any atom is -0.496 e. The van der Waals surface area contributed by atoms with Gasteiger partial charge in [-0.1, -0.05) is 12.1 Å². The van der Waals surface area contributed by atoms with Crippen LogP contribution in [0, 0.1) is 0 Å². The summed E-state index contributed by atoms with van der Waals surface area (Å²) in [5, 5.41) is 0.554. The maximum absolute atomic E-state index is 12.4. The van der Waals surface area contributed by atoms with E-state index in [0.717, 1.165) is 16.2 Å². The first-order chi connectivity index (χ1) is 11.9. The fourth-order valence-corrected chi connectivity index (χ4v) is 3.68. The van der Waals surface area contributed by atoms with Crippen LogP contribution in [0.2, 0.25) is 0 Å². The summed E-state index contributed by atoms with van der Waals surface area (Å²) in [6.45, 7) is 0. The van der Waals surface area contributed by atoms with Gasteiger partial charge in [-0.3, -0.25) is 4.79 Å². The van der Waals surface area contributed by atoms with Gasteiger partial charge in [-0.15, -0.1) is 0 Å². The van der Waals surface area contributed by atoms with Crippen LogP contribution in [-0.2, 0) is 10.0 Å². The van der Waals surface area contributed by atoms with E-state index in [0.29, 0.717) is 27.9 Å². The third-order valence-electron chi connectivity index (χ3n) is 4.08. The van der Waals surface area contributed by atoms with Crippen LogP contribution >= 0.6 is 0 Å². The van der Waals surface area contributed by atoms with Gasteiger partial charge in [0.2, 0.25) is 10.0 Å². The van der Waals surface area contributed by atoms with E-state index < -0.39 is 10.0 Å². The number of nitrogens with zero attached hydrogens (tertiary/aromatic N) is 1. The van der Waals surface area contributed by atoms with Crippen molar-refractivity contribution in [3.63, 3.8) is 0 Å². The van der Waals surface area contributed by atoms with Crippen LogP contribution in [0.1, 0.15) is 10.4 Å². The van der Waals surface area contributed by atoms with Gasteiger partial charge in [0.1, 0.15) is 5.75 Å².